The largest absolute Gasteiger partial charge is 0.435 e. The van der Waals surface area contributed by atoms with Gasteiger partial charge in [-0.3, -0.25) is 4.68 Å². The number of alkyl halides is 6. The number of hydrogen-bond donors (Lipinski definition) is 1. The lowest BCUT2D eigenvalue weighted by Crippen LogP contribution is -2.17. The number of aromatic nitrogens is 2. The van der Waals surface area contributed by atoms with Gasteiger partial charge in [0.2, 0.25) is 0 Å². The fraction of sp³-hybridized carbons (Fsp3) is 0.625. The van der Waals surface area contributed by atoms with Crippen LogP contribution in [0.4, 0.5) is 26.3 Å². The average molecular weight is 262 g/mol. The van der Waals surface area contributed by atoms with Crippen molar-refractivity contribution in [2.45, 2.75) is 25.8 Å². The van der Waals surface area contributed by atoms with E-state index in [4.69, 9.17) is 5.11 Å². The summed E-state index contributed by atoms with van der Waals surface area (Å²) in [5.74, 6) is 0. The first-order chi connectivity index (χ1) is 7.59. The van der Waals surface area contributed by atoms with E-state index in [9.17, 15) is 26.3 Å². The van der Waals surface area contributed by atoms with E-state index in [1.807, 2.05) is 0 Å². The summed E-state index contributed by atoms with van der Waals surface area (Å²) in [7, 11) is 0. The Labute approximate surface area is 91.7 Å². The fourth-order valence-electron chi connectivity index (χ4n) is 1.44. The summed E-state index contributed by atoms with van der Waals surface area (Å²) >= 11 is 0. The van der Waals surface area contributed by atoms with Gasteiger partial charge in [0.1, 0.15) is 5.69 Å². The monoisotopic (exact) mass is 262 g/mol. The van der Waals surface area contributed by atoms with Crippen molar-refractivity contribution in [3.8, 4) is 0 Å². The molecule has 1 aromatic rings. The van der Waals surface area contributed by atoms with Gasteiger partial charge in [-0.25, -0.2) is 0 Å². The van der Waals surface area contributed by atoms with Gasteiger partial charge >= 0.3 is 12.4 Å². The van der Waals surface area contributed by atoms with Crippen molar-refractivity contribution >= 4 is 0 Å². The lowest BCUT2D eigenvalue weighted by Gasteiger charge is -2.10. The lowest BCUT2D eigenvalue weighted by atomic mass is 10.2. The van der Waals surface area contributed by atoms with Crippen molar-refractivity contribution < 1.29 is 31.4 Å². The third-order valence-electron chi connectivity index (χ3n) is 2.04. The first kappa shape index (κ1) is 13.8. The van der Waals surface area contributed by atoms with Crippen molar-refractivity contribution in [3.05, 3.63) is 17.0 Å². The standard InChI is InChI=1S/C8H8F6N2O/c1-4-5(7(9,10)11)15-16(2-3-17)6(4)8(12,13)14/h17H,2-3H2,1H3. The molecule has 0 saturated heterocycles. The molecule has 17 heavy (non-hydrogen) atoms. The lowest BCUT2D eigenvalue weighted by molar-refractivity contribution is -0.145. The van der Waals surface area contributed by atoms with Crippen LogP contribution in [0.3, 0.4) is 0 Å². The normalized spacial score (nSPS) is 13.2. The average Bonchev–Trinajstić information content (AvgIpc) is 2.41. The van der Waals surface area contributed by atoms with Crippen LogP contribution >= 0.6 is 0 Å². The molecular formula is C8H8F6N2O. The third kappa shape index (κ3) is 2.71. The van der Waals surface area contributed by atoms with E-state index in [1.54, 1.807) is 0 Å². The predicted molar refractivity (Wildman–Crippen MR) is 44.1 cm³/mol. The molecule has 0 aliphatic rings. The van der Waals surface area contributed by atoms with Crippen LogP contribution in [0.5, 0.6) is 0 Å². The molecule has 0 atom stereocenters. The molecule has 1 rings (SSSR count). The maximum atomic E-state index is 12.5. The summed E-state index contributed by atoms with van der Waals surface area (Å²) in [5.41, 5.74) is -4.06. The van der Waals surface area contributed by atoms with Crippen LogP contribution < -0.4 is 0 Å². The molecule has 0 radical (unpaired) electrons. The maximum Gasteiger partial charge on any atom is 0.435 e. The van der Waals surface area contributed by atoms with Crippen LogP contribution in [0, 0.1) is 6.92 Å². The maximum absolute atomic E-state index is 12.5. The number of aliphatic hydroxyl groups is 1. The molecule has 0 amide bonds. The van der Waals surface area contributed by atoms with Crippen molar-refractivity contribution in [3.63, 3.8) is 0 Å². The van der Waals surface area contributed by atoms with Gasteiger partial charge in [0, 0.05) is 5.56 Å². The molecule has 3 nitrogen and oxygen atoms in total. The Morgan fingerprint density at radius 1 is 1.12 bits per heavy atom. The summed E-state index contributed by atoms with van der Waals surface area (Å²) in [4.78, 5) is 0. The zero-order valence-corrected chi connectivity index (χ0v) is 8.52. The zero-order valence-electron chi connectivity index (χ0n) is 8.52. The Hall–Kier alpha value is -1.25. The third-order valence-corrected chi connectivity index (χ3v) is 2.04. The molecule has 0 bridgehead atoms. The summed E-state index contributed by atoms with van der Waals surface area (Å²) < 4.78 is 74.8. The molecule has 0 aromatic carbocycles. The Morgan fingerprint density at radius 3 is 2.00 bits per heavy atom. The van der Waals surface area contributed by atoms with Crippen molar-refractivity contribution in [1.29, 1.82) is 0 Å². The van der Waals surface area contributed by atoms with Gasteiger partial charge < -0.3 is 5.11 Å². The molecule has 0 saturated carbocycles. The van der Waals surface area contributed by atoms with E-state index in [1.165, 1.54) is 0 Å². The minimum absolute atomic E-state index is 0.123. The second kappa shape index (κ2) is 4.21. The van der Waals surface area contributed by atoms with Gasteiger partial charge in [-0.15, -0.1) is 0 Å². The Balaban J connectivity index is 3.41. The minimum Gasteiger partial charge on any atom is -0.394 e. The van der Waals surface area contributed by atoms with Gasteiger partial charge in [-0.05, 0) is 6.92 Å². The summed E-state index contributed by atoms with van der Waals surface area (Å²) in [5, 5.41) is 11.4. The highest BCUT2D eigenvalue weighted by Gasteiger charge is 2.44. The van der Waals surface area contributed by atoms with Crippen molar-refractivity contribution in [1.82, 2.24) is 9.78 Å². The highest BCUT2D eigenvalue weighted by Crippen LogP contribution is 2.38. The molecule has 0 fully saturated rings. The number of nitrogens with zero attached hydrogens (tertiary/aromatic N) is 2. The van der Waals surface area contributed by atoms with Gasteiger partial charge in [-0.1, -0.05) is 0 Å². The minimum atomic E-state index is -4.95. The molecule has 0 unspecified atom stereocenters. The molecular weight excluding hydrogens is 254 g/mol. The zero-order chi connectivity index (χ0) is 13.4. The molecule has 9 heteroatoms. The van der Waals surface area contributed by atoms with Gasteiger partial charge in [0.05, 0.1) is 13.2 Å². The van der Waals surface area contributed by atoms with Crippen LogP contribution in [-0.2, 0) is 18.9 Å². The van der Waals surface area contributed by atoms with Gasteiger partial charge in [0.25, 0.3) is 0 Å². The number of rotatable bonds is 2. The predicted octanol–water partition coefficient (Wildman–Crippen LogP) is 2.22. The molecule has 98 valence electrons. The highest BCUT2D eigenvalue weighted by atomic mass is 19.4. The first-order valence-electron chi connectivity index (χ1n) is 4.41. The van der Waals surface area contributed by atoms with E-state index in [2.05, 4.69) is 5.10 Å². The summed E-state index contributed by atoms with van der Waals surface area (Å²) in [6.45, 7) is -0.681. The second-order valence-electron chi connectivity index (χ2n) is 3.26. The van der Waals surface area contributed by atoms with Crippen LogP contribution in [-0.4, -0.2) is 21.5 Å². The van der Waals surface area contributed by atoms with Crippen LogP contribution in [0.25, 0.3) is 0 Å². The van der Waals surface area contributed by atoms with Crippen molar-refractivity contribution in [2.24, 2.45) is 0 Å². The molecule has 1 N–H and O–H groups in total. The number of aliphatic hydroxyl groups excluding tert-OH is 1. The van der Waals surface area contributed by atoms with Crippen LogP contribution in [0.1, 0.15) is 17.0 Å². The first-order valence-corrected chi connectivity index (χ1v) is 4.41. The van der Waals surface area contributed by atoms with E-state index in [0.29, 0.717) is 6.92 Å². The molecule has 1 heterocycles. The van der Waals surface area contributed by atoms with E-state index < -0.39 is 42.5 Å². The fourth-order valence-corrected chi connectivity index (χ4v) is 1.44. The van der Waals surface area contributed by atoms with E-state index in [-0.39, 0.29) is 4.68 Å². The Morgan fingerprint density at radius 2 is 1.65 bits per heavy atom. The SMILES string of the molecule is Cc1c(C(F)(F)F)nn(CCO)c1C(F)(F)F. The van der Waals surface area contributed by atoms with Crippen molar-refractivity contribution in [2.75, 3.05) is 6.61 Å². The molecule has 1 aromatic heterocycles. The van der Waals surface area contributed by atoms with Crippen LogP contribution in [0.2, 0.25) is 0 Å². The number of halogens is 6. The number of hydrogen-bond acceptors (Lipinski definition) is 2. The summed E-state index contributed by atoms with van der Waals surface area (Å²) in [6.07, 6.45) is -9.90. The topological polar surface area (TPSA) is 38.0 Å². The Kier molecular flexibility index (Phi) is 3.42. The molecule has 0 aliphatic heterocycles. The molecule has 0 aliphatic carbocycles. The quantitative estimate of drug-likeness (QED) is 0.830. The Bertz CT molecular complexity index is 405. The van der Waals surface area contributed by atoms with E-state index in [0.717, 1.165) is 0 Å². The smallest absolute Gasteiger partial charge is 0.394 e. The second-order valence-corrected chi connectivity index (χ2v) is 3.26. The van der Waals surface area contributed by atoms with Gasteiger partial charge in [-0.2, -0.15) is 31.4 Å². The molecule has 0 spiro atoms. The highest BCUT2D eigenvalue weighted by molar-refractivity contribution is 5.29. The van der Waals surface area contributed by atoms with Gasteiger partial charge in [0.15, 0.2) is 5.69 Å². The summed E-state index contributed by atoms with van der Waals surface area (Å²) in [6, 6.07) is 0. The van der Waals surface area contributed by atoms with Crippen LogP contribution in [0.15, 0.2) is 0 Å². The van der Waals surface area contributed by atoms with E-state index >= 15 is 0 Å².